The molecule has 0 saturated heterocycles. The van der Waals surface area contributed by atoms with E-state index in [1.165, 1.54) is 0 Å². The zero-order valence-electron chi connectivity index (χ0n) is 9.00. The van der Waals surface area contributed by atoms with E-state index >= 15 is 0 Å². The van der Waals surface area contributed by atoms with Gasteiger partial charge in [0, 0.05) is 11.6 Å². The standard InChI is InChI=1S/C11H14ClNO3/c1-16-9-3-2-8(10(12)6-9)4-5-13-11(15)7-14/h2-3,6,14H,4-5,7H2,1H3,(H,13,15). The van der Waals surface area contributed by atoms with Crippen molar-refractivity contribution in [2.75, 3.05) is 20.3 Å². The number of methoxy groups -OCH3 is 1. The van der Waals surface area contributed by atoms with Crippen LogP contribution in [0.1, 0.15) is 5.56 Å². The molecule has 0 spiro atoms. The number of rotatable bonds is 5. The fourth-order valence-corrected chi connectivity index (χ4v) is 1.52. The number of carbonyl (C=O) groups excluding carboxylic acids is 1. The summed E-state index contributed by atoms with van der Waals surface area (Å²) in [6.07, 6.45) is 0.620. The monoisotopic (exact) mass is 243 g/mol. The van der Waals surface area contributed by atoms with Crippen molar-refractivity contribution in [2.45, 2.75) is 6.42 Å². The van der Waals surface area contributed by atoms with Crippen LogP contribution in [0.2, 0.25) is 5.02 Å². The minimum absolute atomic E-state index is 0.385. The molecule has 0 aliphatic carbocycles. The van der Waals surface area contributed by atoms with Crippen molar-refractivity contribution in [1.82, 2.24) is 5.32 Å². The van der Waals surface area contributed by atoms with Gasteiger partial charge in [-0.2, -0.15) is 0 Å². The van der Waals surface area contributed by atoms with E-state index < -0.39 is 6.61 Å². The fourth-order valence-electron chi connectivity index (χ4n) is 1.25. The lowest BCUT2D eigenvalue weighted by molar-refractivity contribution is -0.123. The maximum atomic E-state index is 10.8. The molecule has 5 heteroatoms. The highest BCUT2D eigenvalue weighted by Crippen LogP contribution is 2.22. The van der Waals surface area contributed by atoms with Crippen molar-refractivity contribution in [1.29, 1.82) is 0 Å². The Hall–Kier alpha value is -1.26. The van der Waals surface area contributed by atoms with Crippen molar-refractivity contribution in [3.8, 4) is 5.75 Å². The van der Waals surface area contributed by atoms with Gasteiger partial charge in [0.15, 0.2) is 0 Å². The van der Waals surface area contributed by atoms with Gasteiger partial charge in [-0.25, -0.2) is 0 Å². The minimum Gasteiger partial charge on any atom is -0.497 e. The molecule has 0 aromatic heterocycles. The Morgan fingerprint density at radius 1 is 1.56 bits per heavy atom. The van der Waals surface area contributed by atoms with Crippen molar-refractivity contribution in [3.05, 3.63) is 28.8 Å². The molecular formula is C11H14ClNO3. The van der Waals surface area contributed by atoms with E-state index in [0.29, 0.717) is 23.7 Å². The number of hydrogen-bond acceptors (Lipinski definition) is 3. The van der Waals surface area contributed by atoms with Crippen LogP contribution in [0.4, 0.5) is 0 Å². The molecule has 1 rings (SSSR count). The van der Waals surface area contributed by atoms with E-state index in [0.717, 1.165) is 5.56 Å². The number of benzene rings is 1. The number of nitrogens with one attached hydrogen (secondary N) is 1. The third-order valence-corrected chi connectivity index (χ3v) is 2.47. The molecule has 1 aromatic rings. The Kier molecular flexibility index (Phi) is 5.08. The summed E-state index contributed by atoms with van der Waals surface area (Å²) in [6.45, 7) is -0.0399. The number of carbonyl (C=O) groups is 1. The Bertz CT molecular complexity index is 368. The topological polar surface area (TPSA) is 58.6 Å². The zero-order valence-corrected chi connectivity index (χ0v) is 9.75. The van der Waals surface area contributed by atoms with Crippen LogP contribution in [0.15, 0.2) is 18.2 Å². The summed E-state index contributed by atoms with van der Waals surface area (Å²) in [7, 11) is 1.58. The van der Waals surface area contributed by atoms with Gasteiger partial charge >= 0.3 is 0 Å². The maximum Gasteiger partial charge on any atom is 0.245 e. The molecule has 0 unspecified atom stereocenters. The molecule has 16 heavy (non-hydrogen) atoms. The second-order valence-corrected chi connectivity index (χ2v) is 3.62. The number of amides is 1. The number of hydrogen-bond donors (Lipinski definition) is 2. The van der Waals surface area contributed by atoms with Crippen molar-refractivity contribution in [2.24, 2.45) is 0 Å². The van der Waals surface area contributed by atoms with Gasteiger partial charge < -0.3 is 15.2 Å². The van der Waals surface area contributed by atoms with Crippen LogP contribution in [0.5, 0.6) is 5.75 Å². The number of aliphatic hydroxyl groups excluding tert-OH is 1. The SMILES string of the molecule is COc1ccc(CCNC(=O)CO)c(Cl)c1. The van der Waals surface area contributed by atoms with Crippen LogP contribution in [-0.2, 0) is 11.2 Å². The lowest BCUT2D eigenvalue weighted by Crippen LogP contribution is -2.28. The quantitative estimate of drug-likeness (QED) is 0.811. The van der Waals surface area contributed by atoms with Gasteiger partial charge in [0.2, 0.25) is 5.91 Å². The summed E-state index contributed by atoms with van der Waals surface area (Å²) < 4.78 is 5.02. The fraction of sp³-hybridized carbons (Fsp3) is 0.364. The first-order valence-corrected chi connectivity index (χ1v) is 5.25. The van der Waals surface area contributed by atoms with Gasteiger partial charge in [0.1, 0.15) is 12.4 Å². The molecule has 4 nitrogen and oxygen atoms in total. The summed E-state index contributed by atoms with van der Waals surface area (Å²) in [5.74, 6) is 0.317. The predicted octanol–water partition coefficient (Wildman–Crippen LogP) is 1.000. The summed E-state index contributed by atoms with van der Waals surface area (Å²) in [4.78, 5) is 10.8. The molecule has 2 N–H and O–H groups in total. The third-order valence-electron chi connectivity index (χ3n) is 2.12. The Morgan fingerprint density at radius 3 is 2.88 bits per heavy atom. The van der Waals surface area contributed by atoms with Crippen molar-refractivity contribution in [3.63, 3.8) is 0 Å². The first-order valence-electron chi connectivity index (χ1n) is 4.87. The van der Waals surface area contributed by atoms with Crippen LogP contribution in [0.25, 0.3) is 0 Å². The molecule has 0 atom stereocenters. The lowest BCUT2D eigenvalue weighted by Gasteiger charge is -2.07. The van der Waals surface area contributed by atoms with Crippen molar-refractivity contribution < 1.29 is 14.6 Å². The second kappa shape index (κ2) is 6.35. The molecule has 0 saturated carbocycles. The Labute approximate surface area is 99.2 Å². The maximum absolute atomic E-state index is 10.8. The van der Waals surface area contributed by atoms with Gasteiger partial charge in [-0.05, 0) is 24.1 Å². The van der Waals surface area contributed by atoms with Crippen LogP contribution >= 0.6 is 11.6 Å². The third kappa shape index (κ3) is 3.72. The van der Waals surface area contributed by atoms with E-state index in [4.69, 9.17) is 21.4 Å². The van der Waals surface area contributed by atoms with E-state index in [9.17, 15) is 4.79 Å². The molecule has 88 valence electrons. The van der Waals surface area contributed by atoms with Crippen LogP contribution in [-0.4, -0.2) is 31.3 Å². The second-order valence-electron chi connectivity index (χ2n) is 3.22. The minimum atomic E-state index is -0.490. The molecule has 0 fully saturated rings. The summed E-state index contributed by atoms with van der Waals surface area (Å²) in [5.41, 5.74) is 0.931. The molecule has 0 aliphatic rings. The van der Waals surface area contributed by atoms with Gasteiger partial charge in [0.25, 0.3) is 0 Å². The van der Waals surface area contributed by atoms with Crippen LogP contribution in [0.3, 0.4) is 0 Å². The van der Waals surface area contributed by atoms with Gasteiger partial charge in [-0.1, -0.05) is 17.7 Å². The summed E-state index contributed by atoms with van der Waals surface area (Å²) in [6, 6.07) is 5.39. The smallest absolute Gasteiger partial charge is 0.245 e. The summed E-state index contributed by atoms with van der Waals surface area (Å²) in [5, 5.41) is 11.7. The molecule has 0 bridgehead atoms. The molecule has 0 radical (unpaired) electrons. The molecule has 1 amide bonds. The average Bonchev–Trinajstić information content (AvgIpc) is 2.30. The molecule has 0 aliphatic heterocycles. The Balaban J connectivity index is 2.51. The van der Waals surface area contributed by atoms with E-state index in [-0.39, 0.29) is 5.91 Å². The van der Waals surface area contributed by atoms with E-state index in [1.807, 2.05) is 12.1 Å². The van der Waals surface area contributed by atoms with E-state index in [2.05, 4.69) is 5.32 Å². The molecular weight excluding hydrogens is 230 g/mol. The average molecular weight is 244 g/mol. The number of aliphatic hydroxyl groups is 1. The lowest BCUT2D eigenvalue weighted by atomic mass is 10.1. The molecule has 1 aromatic carbocycles. The number of ether oxygens (including phenoxy) is 1. The van der Waals surface area contributed by atoms with Gasteiger partial charge in [-0.3, -0.25) is 4.79 Å². The normalized spacial score (nSPS) is 9.94. The van der Waals surface area contributed by atoms with E-state index in [1.54, 1.807) is 13.2 Å². The van der Waals surface area contributed by atoms with Crippen LogP contribution < -0.4 is 10.1 Å². The number of halogens is 1. The van der Waals surface area contributed by atoms with Crippen LogP contribution in [0, 0.1) is 0 Å². The first-order chi connectivity index (χ1) is 7.67. The highest BCUT2D eigenvalue weighted by Gasteiger charge is 2.03. The molecule has 0 heterocycles. The summed E-state index contributed by atoms with van der Waals surface area (Å²) >= 11 is 6.02. The Morgan fingerprint density at radius 2 is 2.31 bits per heavy atom. The van der Waals surface area contributed by atoms with Gasteiger partial charge in [-0.15, -0.1) is 0 Å². The predicted molar refractivity (Wildman–Crippen MR) is 61.8 cm³/mol. The highest BCUT2D eigenvalue weighted by atomic mass is 35.5. The van der Waals surface area contributed by atoms with Gasteiger partial charge in [0.05, 0.1) is 7.11 Å². The first kappa shape index (κ1) is 12.8. The largest absolute Gasteiger partial charge is 0.497 e. The zero-order chi connectivity index (χ0) is 12.0. The van der Waals surface area contributed by atoms with Crippen molar-refractivity contribution >= 4 is 17.5 Å². The highest BCUT2D eigenvalue weighted by molar-refractivity contribution is 6.31.